The number of hydrogen-bond donors (Lipinski definition) is 2. The average Bonchev–Trinajstić information content (AvgIpc) is 3.00. The highest BCUT2D eigenvalue weighted by Crippen LogP contribution is 2.28. The second kappa shape index (κ2) is 13.9. The lowest BCUT2D eigenvalue weighted by Gasteiger charge is -2.43. The molecule has 0 aliphatic carbocycles. The molecule has 1 fully saturated rings. The smallest absolute Gasteiger partial charge is 0.254 e. The second-order valence-corrected chi connectivity index (χ2v) is 9.89. The Hall–Kier alpha value is -3.95. The maximum absolute atomic E-state index is 13.6. The van der Waals surface area contributed by atoms with Crippen LogP contribution in [-0.2, 0) is 17.9 Å². The first-order valence-electron chi connectivity index (χ1n) is 13.5. The molecular weight excluding hydrogens is 511 g/mol. The van der Waals surface area contributed by atoms with Crippen LogP contribution in [0.5, 0.6) is 11.5 Å². The van der Waals surface area contributed by atoms with Crippen molar-refractivity contribution in [2.75, 3.05) is 33.9 Å². The summed E-state index contributed by atoms with van der Waals surface area (Å²) in [4.78, 5) is 30.9. The van der Waals surface area contributed by atoms with Crippen molar-refractivity contribution >= 4 is 11.8 Å². The summed E-state index contributed by atoms with van der Waals surface area (Å²) in [6, 6.07) is 20.6. The Kier molecular flexibility index (Phi) is 10.1. The molecule has 9 heteroatoms. The van der Waals surface area contributed by atoms with E-state index in [4.69, 9.17) is 15.2 Å². The van der Waals surface area contributed by atoms with Gasteiger partial charge in [-0.05, 0) is 66.4 Å². The first-order valence-corrected chi connectivity index (χ1v) is 13.5. The third-order valence-electron chi connectivity index (χ3n) is 7.23. The predicted molar refractivity (Wildman–Crippen MR) is 152 cm³/mol. The van der Waals surface area contributed by atoms with E-state index in [2.05, 4.69) is 10.2 Å². The number of halogens is 1. The molecule has 0 bridgehead atoms. The molecule has 1 unspecified atom stereocenters. The first-order chi connectivity index (χ1) is 19.4. The van der Waals surface area contributed by atoms with E-state index >= 15 is 0 Å². The van der Waals surface area contributed by atoms with Crippen LogP contribution >= 0.6 is 0 Å². The molecule has 212 valence electrons. The van der Waals surface area contributed by atoms with Gasteiger partial charge in [0.2, 0.25) is 5.91 Å². The maximum atomic E-state index is 13.6. The van der Waals surface area contributed by atoms with Crippen molar-refractivity contribution in [2.45, 2.75) is 38.0 Å². The molecule has 0 saturated carbocycles. The Morgan fingerprint density at radius 1 is 0.975 bits per heavy atom. The third-order valence-corrected chi connectivity index (χ3v) is 7.23. The number of methoxy groups -OCH3 is 2. The molecule has 2 atom stereocenters. The molecule has 1 saturated heterocycles. The highest BCUT2D eigenvalue weighted by molar-refractivity contribution is 5.98. The summed E-state index contributed by atoms with van der Waals surface area (Å²) >= 11 is 0. The van der Waals surface area contributed by atoms with Gasteiger partial charge in [0.15, 0.2) is 0 Å². The normalized spacial score (nSPS) is 17.0. The number of amides is 2. The average molecular weight is 549 g/mol. The number of rotatable bonds is 11. The lowest BCUT2D eigenvalue weighted by atomic mass is 9.93. The SMILES string of the molecule is COc1cccc(CN(Cc2ccc(F)cc2)C2CCN(C(=O)c3cccc(OC)c3)[C@@H](C(=O)NCCN)C2)c1. The van der Waals surface area contributed by atoms with Crippen molar-refractivity contribution in [3.05, 3.63) is 95.3 Å². The Morgan fingerprint density at radius 2 is 1.65 bits per heavy atom. The van der Waals surface area contributed by atoms with Crippen molar-refractivity contribution < 1.29 is 23.5 Å². The Bertz CT molecular complexity index is 1290. The lowest BCUT2D eigenvalue weighted by Crippen LogP contribution is -2.57. The van der Waals surface area contributed by atoms with Crippen LogP contribution in [0.25, 0.3) is 0 Å². The molecule has 4 rings (SSSR count). The predicted octanol–water partition coefficient (Wildman–Crippen LogP) is 3.59. The number of nitrogens with one attached hydrogen (secondary N) is 1. The zero-order valence-corrected chi connectivity index (χ0v) is 23.0. The van der Waals surface area contributed by atoms with E-state index < -0.39 is 6.04 Å². The van der Waals surface area contributed by atoms with Gasteiger partial charge in [0.05, 0.1) is 14.2 Å². The number of carbonyl (C=O) groups is 2. The third kappa shape index (κ3) is 7.37. The number of carbonyl (C=O) groups excluding carboxylic acids is 2. The monoisotopic (exact) mass is 548 g/mol. The summed E-state index contributed by atoms with van der Waals surface area (Å²) in [6.07, 6.45) is 1.11. The van der Waals surface area contributed by atoms with Gasteiger partial charge in [0, 0.05) is 44.3 Å². The molecule has 2 amide bonds. The first kappa shape index (κ1) is 29.0. The number of likely N-dealkylation sites (tertiary alicyclic amines) is 1. The van der Waals surface area contributed by atoms with Crippen LogP contribution in [0.4, 0.5) is 4.39 Å². The number of ether oxygens (including phenoxy) is 2. The van der Waals surface area contributed by atoms with E-state index in [1.807, 2.05) is 24.3 Å². The summed E-state index contributed by atoms with van der Waals surface area (Å²) in [5.41, 5.74) is 8.14. The summed E-state index contributed by atoms with van der Waals surface area (Å²) in [5.74, 6) is 0.604. The molecular formula is C31H37FN4O4. The van der Waals surface area contributed by atoms with Crippen molar-refractivity contribution in [2.24, 2.45) is 5.73 Å². The maximum Gasteiger partial charge on any atom is 0.254 e. The number of nitrogens with two attached hydrogens (primary N) is 1. The van der Waals surface area contributed by atoms with Crippen molar-refractivity contribution in [3.8, 4) is 11.5 Å². The van der Waals surface area contributed by atoms with Gasteiger partial charge in [-0.1, -0.05) is 30.3 Å². The standard InChI is InChI=1S/C31H37FN4O4/c1-39-27-7-3-5-23(17-27)21-35(20-22-9-11-25(32)12-10-22)26-13-16-36(29(19-26)30(37)34-15-14-33)31(38)24-6-4-8-28(18-24)40-2/h3-12,17-18,26,29H,13-16,19-21,33H2,1-2H3,(H,34,37)/t26?,29-/m1/s1. The van der Waals surface area contributed by atoms with Gasteiger partial charge in [-0.25, -0.2) is 4.39 Å². The van der Waals surface area contributed by atoms with Gasteiger partial charge in [-0.3, -0.25) is 14.5 Å². The summed E-state index contributed by atoms with van der Waals surface area (Å²) in [6.45, 7) is 2.19. The molecule has 3 aromatic rings. The molecule has 1 aliphatic rings. The molecule has 1 aliphatic heterocycles. The van der Waals surface area contributed by atoms with E-state index in [-0.39, 0.29) is 23.7 Å². The molecule has 0 spiro atoms. The van der Waals surface area contributed by atoms with Gasteiger partial charge in [0.25, 0.3) is 5.91 Å². The Labute approximate surface area is 234 Å². The summed E-state index contributed by atoms with van der Waals surface area (Å²) in [7, 11) is 3.19. The van der Waals surface area contributed by atoms with E-state index in [0.29, 0.717) is 56.9 Å². The zero-order valence-electron chi connectivity index (χ0n) is 23.0. The van der Waals surface area contributed by atoms with Crippen LogP contribution in [0.2, 0.25) is 0 Å². The fraction of sp³-hybridized carbons (Fsp3) is 0.355. The Balaban J connectivity index is 1.61. The molecule has 0 radical (unpaired) electrons. The topological polar surface area (TPSA) is 97.1 Å². The highest BCUT2D eigenvalue weighted by Gasteiger charge is 2.38. The van der Waals surface area contributed by atoms with E-state index in [0.717, 1.165) is 16.9 Å². The Morgan fingerprint density at radius 3 is 2.35 bits per heavy atom. The highest BCUT2D eigenvalue weighted by atomic mass is 19.1. The van der Waals surface area contributed by atoms with E-state index in [9.17, 15) is 14.0 Å². The van der Waals surface area contributed by atoms with Crippen molar-refractivity contribution in [1.29, 1.82) is 0 Å². The number of benzene rings is 3. The van der Waals surface area contributed by atoms with E-state index in [1.165, 1.54) is 12.1 Å². The van der Waals surface area contributed by atoms with Crippen LogP contribution in [-0.4, -0.2) is 67.6 Å². The minimum Gasteiger partial charge on any atom is -0.497 e. The largest absolute Gasteiger partial charge is 0.497 e. The summed E-state index contributed by atoms with van der Waals surface area (Å²) in [5, 5.41) is 2.88. The number of hydrogen-bond acceptors (Lipinski definition) is 6. The minimum absolute atomic E-state index is 0.0146. The second-order valence-electron chi connectivity index (χ2n) is 9.89. The van der Waals surface area contributed by atoms with Gasteiger partial charge in [-0.2, -0.15) is 0 Å². The van der Waals surface area contributed by atoms with Crippen molar-refractivity contribution in [3.63, 3.8) is 0 Å². The van der Waals surface area contributed by atoms with Gasteiger partial charge >= 0.3 is 0 Å². The quantitative estimate of drug-likeness (QED) is 0.380. The fourth-order valence-corrected chi connectivity index (χ4v) is 5.15. The zero-order chi connectivity index (χ0) is 28.5. The molecule has 3 N–H and O–H groups in total. The minimum atomic E-state index is -0.676. The summed E-state index contributed by atoms with van der Waals surface area (Å²) < 4.78 is 24.4. The number of piperidine rings is 1. The van der Waals surface area contributed by atoms with Gasteiger partial charge in [-0.15, -0.1) is 0 Å². The van der Waals surface area contributed by atoms with Crippen LogP contribution in [0.3, 0.4) is 0 Å². The van der Waals surface area contributed by atoms with E-state index in [1.54, 1.807) is 55.5 Å². The van der Waals surface area contributed by atoms with Gasteiger partial charge in [0.1, 0.15) is 23.4 Å². The molecule has 0 aromatic heterocycles. The lowest BCUT2D eigenvalue weighted by molar-refractivity contribution is -0.127. The van der Waals surface area contributed by atoms with Crippen LogP contribution < -0.4 is 20.5 Å². The van der Waals surface area contributed by atoms with Gasteiger partial charge < -0.3 is 25.4 Å². The number of nitrogens with zero attached hydrogens (tertiary/aromatic N) is 2. The fourth-order valence-electron chi connectivity index (χ4n) is 5.15. The van der Waals surface area contributed by atoms with Crippen LogP contribution in [0.1, 0.15) is 34.3 Å². The van der Waals surface area contributed by atoms with Crippen LogP contribution in [0.15, 0.2) is 72.8 Å². The van der Waals surface area contributed by atoms with Crippen molar-refractivity contribution in [1.82, 2.24) is 15.1 Å². The molecule has 8 nitrogen and oxygen atoms in total. The molecule has 3 aromatic carbocycles. The van der Waals surface area contributed by atoms with Crippen LogP contribution in [0, 0.1) is 5.82 Å². The molecule has 40 heavy (non-hydrogen) atoms. The molecule has 1 heterocycles.